The third kappa shape index (κ3) is 3.39. The highest BCUT2D eigenvalue weighted by Gasteiger charge is 2.21. The van der Waals surface area contributed by atoms with Crippen LogP contribution < -0.4 is 14.8 Å². The van der Waals surface area contributed by atoms with Crippen molar-refractivity contribution >= 4 is 5.91 Å². The van der Waals surface area contributed by atoms with Crippen LogP contribution in [-0.2, 0) is 6.42 Å². The number of rotatable bonds is 4. The maximum absolute atomic E-state index is 12.2. The number of hydrogen-bond donors (Lipinski definition) is 2. The second-order valence-corrected chi connectivity index (χ2v) is 5.58. The Morgan fingerprint density at radius 3 is 2.96 bits per heavy atom. The van der Waals surface area contributed by atoms with E-state index in [-0.39, 0.29) is 23.1 Å². The minimum absolute atomic E-state index is 0.0907. The Morgan fingerprint density at radius 1 is 1.35 bits per heavy atom. The van der Waals surface area contributed by atoms with Crippen molar-refractivity contribution in [2.45, 2.75) is 6.42 Å². The molecule has 0 radical (unpaired) electrons. The number of carbonyl (C=O) groups is 1. The monoisotopic (exact) mass is 313 g/mol. The Bertz CT molecular complexity index is 714. The average Bonchev–Trinajstić information content (AvgIpc) is 2.59. The fourth-order valence-electron chi connectivity index (χ4n) is 2.68. The van der Waals surface area contributed by atoms with Gasteiger partial charge in [0, 0.05) is 18.5 Å². The van der Waals surface area contributed by atoms with E-state index in [0.29, 0.717) is 18.9 Å². The molecule has 2 aromatic rings. The lowest BCUT2D eigenvalue weighted by atomic mass is 9.96. The molecule has 2 aromatic carbocycles. The van der Waals surface area contributed by atoms with Crippen LogP contribution in [0.15, 0.2) is 42.5 Å². The minimum Gasteiger partial charge on any atom is -0.507 e. The van der Waals surface area contributed by atoms with Gasteiger partial charge in [0.2, 0.25) is 0 Å². The number of amides is 1. The molecule has 3 rings (SSSR count). The van der Waals surface area contributed by atoms with Gasteiger partial charge in [0.1, 0.15) is 17.2 Å². The predicted molar refractivity (Wildman–Crippen MR) is 86.1 cm³/mol. The van der Waals surface area contributed by atoms with Crippen LogP contribution in [0.2, 0.25) is 0 Å². The van der Waals surface area contributed by atoms with Gasteiger partial charge >= 0.3 is 0 Å². The zero-order valence-electron chi connectivity index (χ0n) is 12.9. The Hall–Kier alpha value is -2.69. The molecule has 1 aliphatic heterocycles. The number of nitrogens with one attached hydrogen (secondary N) is 1. The van der Waals surface area contributed by atoms with Crippen molar-refractivity contribution in [3.63, 3.8) is 0 Å². The summed E-state index contributed by atoms with van der Waals surface area (Å²) in [5.74, 6) is 1.25. The van der Waals surface area contributed by atoms with E-state index in [2.05, 4.69) is 5.32 Å². The molecule has 0 spiro atoms. The molecule has 0 bridgehead atoms. The Kier molecular flexibility index (Phi) is 4.37. The molecule has 23 heavy (non-hydrogen) atoms. The van der Waals surface area contributed by atoms with Crippen molar-refractivity contribution in [1.29, 1.82) is 0 Å². The van der Waals surface area contributed by atoms with Crippen LogP contribution in [0, 0.1) is 5.92 Å². The van der Waals surface area contributed by atoms with Crippen molar-refractivity contribution in [1.82, 2.24) is 5.32 Å². The quantitative estimate of drug-likeness (QED) is 0.909. The summed E-state index contributed by atoms with van der Waals surface area (Å²) in [6.07, 6.45) is 0.866. The van der Waals surface area contributed by atoms with Crippen molar-refractivity contribution in [2.24, 2.45) is 5.92 Å². The van der Waals surface area contributed by atoms with E-state index in [1.807, 2.05) is 24.3 Å². The third-order valence-corrected chi connectivity index (χ3v) is 3.96. The number of methoxy groups -OCH3 is 1. The number of ether oxygens (including phenoxy) is 2. The zero-order valence-corrected chi connectivity index (χ0v) is 12.9. The van der Waals surface area contributed by atoms with Crippen LogP contribution in [0.25, 0.3) is 0 Å². The highest BCUT2D eigenvalue weighted by atomic mass is 16.5. The van der Waals surface area contributed by atoms with Crippen LogP contribution in [0.3, 0.4) is 0 Å². The highest BCUT2D eigenvalue weighted by Crippen LogP contribution is 2.27. The summed E-state index contributed by atoms with van der Waals surface area (Å²) in [6, 6.07) is 12.6. The maximum atomic E-state index is 12.2. The number of benzene rings is 2. The average molecular weight is 313 g/mol. The Morgan fingerprint density at radius 2 is 2.17 bits per heavy atom. The molecule has 0 aliphatic carbocycles. The van der Waals surface area contributed by atoms with E-state index in [1.54, 1.807) is 12.1 Å². The number of aromatic hydroxyl groups is 1. The molecule has 1 aliphatic rings. The number of carbonyl (C=O) groups excluding carboxylic acids is 1. The van der Waals surface area contributed by atoms with Gasteiger partial charge in [-0.2, -0.15) is 0 Å². The lowest BCUT2D eigenvalue weighted by Crippen LogP contribution is -2.34. The van der Waals surface area contributed by atoms with E-state index in [4.69, 9.17) is 9.47 Å². The predicted octanol–water partition coefficient (Wildman–Crippen LogP) is 2.38. The van der Waals surface area contributed by atoms with Crippen LogP contribution in [0.4, 0.5) is 0 Å². The first-order valence-electron chi connectivity index (χ1n) is 7.53. The molecule has 5 heteroatoms. The van der Waals surface area contributed by atoms with E-state index >= 15 is 0 Å². The first-order valence-corrected chi connectivity index (χ1v) is 7.53. The van der Waals surface area contributed by atoms with Crippen molar-refractivity contribution in [3.8, 4) is 17.2 Å². The van der Waals surface area contributed by atoms with E-state index in [0.717, 1.165) is 17.7 Å². The second kappa shape index (κ2) is 6.60. The molecule has 1 amide bonds. The van der Waals surface area contributed by atoms with E-state index < -0.39 is 0 Å². The number of phenols is 1. The first kappa shape index (κ1) is 15.2. The van der Waals surface area contributed by atoms with Gasteiger partial charge in [-0.15, -0.1) is 0 Å². The molecular weight excluding hydrogens is 294 g/mol. The van der Waals surface area contributed by atoms with Gasteiger partial charge in [-0.25, -0.2) is 0 Å². The summed E-state index contributed by atoms with van der Waals surface area (Å²) in [6.45, 7) is 1.07. The summed E-state index contributed by atoms with van der Waals surface area (Å²) in [4.78, 5) is 12.2. The highest BCUT2D eigenvalue weighted by molar-refractivity contribution is 5.97. The summed E-state index contributed by atoms with van der Waals surface area (Å²) in [7, 11) is 1.51. The zero-order chi connectivity index (χ0) is 16.2. The van der Waals surface area contributed by atoms with Crippen LogP contribution in [0.5, 0.6) is 17.2 Å². The van der Waals surface area contributed by atoms with Gasteiger partial charge in [0.05, 0.1) is 19.3 Å². The summed E-state index contributed by atoms with van der Waals surface area (Å²) >= 11 is 0. The van der Waals surface area contributed by atoms with Gasteiger partial charge in [0.25, 0.3) is 5.91 Å². The largest absolute Gasteiger partial charge is 0.507 e. The van der Waals surface area contributed by atoms with Gasteiger partial charge < -0.3 is 19.9 Å². The molecule has 1 atom stereocenters. The summed E-state index contributed by atoms with van der Waals surface area (Å²) in [5, 5.41) is 12.8. The van der Waals surface area contributed by atoms with Gasteiger partial charge in [-0.3, -0.25) is 4.79 Å². The number of fused-ring (bicyclic) bond motifs is 1. The molecule has 0 aromatic heterocycles. The lowest BCUT2D eigenvalue weighted by molar-refractivity contribution is 0.0936. The van der Waals surface area contributed by atoms with Crippen LogP contribution >= 0.6 is 0 Å². The fraction of sp³-hybridized carbons (Fsp3) is 0.278. The Balaban J connectivity index is 1.60. The summed E-state index contributed by atoms with van der Waals surface area (Å²) < 4.78 is 10.7. The van der Waals surface area contributed by atoms with Gasteiger partial charge in [-0.05, 0) is 30.2 Å². The molecule has 1 unspecified atom stereocenters. The second-order valence-electron chi connectivity index (χ2n) is 5.58. The van der Waals surface area contributed by atoms with Crippen LogP contribution in [0.1, 0.15) is 15.9 Å². The number of hydrogen-bond acceptors (Lipinski definition) is 4. The third-order valence-electron chi connectivity index (χ3n) is 3.96. The summed E-state index contributed by atoms with van der Waals surface area (Å²) in [5.41, 5.74) is 1.40. The molecular formula is C18H19NO4. The van der Waals surface area contributed by atoms with Gasteiger partial charge in [-0.1, -0.05) is 18.2 Å². The topological polar surface area (TPSA) is 67.8 Å². The molecule has 0 saturated carbocycles. The standard InChI is InChI=1S/C18H19NO4/c1-22-14-6-7-15(16(20)9-14)18(21)19-10-12-8-13-4-2-3-5-17(13)23-11-12/h2-7,9,12,20H,8,10-11H2,1H3,(H,19,21). The first-order chi connectivity index (χ1) is 11.2. The van der Waals surface area contributed by atoms with Crippen molar-refractivity contribution in [2.75, 3.05) is 20.3 Å². The normalized spacial score (nSPS) is 16.1. The lowest BCUT2D eigenvalue weighted by Gasteiger charge is -2.25. The van der Waals surface area contributed by atoms with Crippen LogP contribution in [-0.4, -0.2) is 31.3 Å². The molecule has 1 heterocycles. The number of phenolic OH excluding ortho intramolecular Hbond substituents is 1. The fourth-order valence-corrected chi connectivity index (χ4v) is 2.68. The van der Waals surface area contributed by atoms with Crippen molar-refractivity contribution in [3.05, 3.63) is 53.6 Å². The van der Waals surface area contributed by atoms with Crippen molar-refractivity contribution < 1.29 is 19.4 Å². The van der Waals surface area contributed by atoms with E-state index in [1.165, 1.54) is 13.2 Å². The maximum Gasteiger partial charge on any atom is 0.255 e. The SMILES string of the molecule is COc1ccc(C(=O)NCC2COc3ccccc3C2)c(O)c1. The molecule has 0 saturated heterocycles. The molecule has 0 fully saturated rings. The molecule has 2 N–H and O–H groups in total. The number of para-hydroxylation sites is 1. The Labute approximate surface area is 134 Å². The molecule has 120 valence electrons. The minimum atomic E-state index is -0.302. The van der Waals surface area contributed by atoms with Gasteiger partial charge in [0.15, 0.2) is 0 Å². The smallest absolute Gasteiger partial charge is 0.255 e. The molecule has 5 nitrogen and oxygen atoms in total. The van der Waals surface area contributed by atoms with E-state index in [9.17, 15) is 9.90 Å².